The number of benzene rings is 2. The SMILES string of the molecule is COc1ccc(C(CN=C(N)Nc2ccc(OC(C)C)cc2)N2CCOCC2)cc1. The fraction of sp³-hybridized carbons (Fsp3) is 0.435. The molecule has 0 saturated carbocycles. The summed E-state index contributed by atoms with van der Waals surface area (Å²) in [7, 11) is 1.67. The molecule has 0 bridgehead atoms. The topological polar surface area (TPSA) is 81.3 Å². The number of anilines is 1. The highest BCUT2D eigenvalue weighted by Gasteiger charge is 2.22. The minimum Gasteiger partial charge on any atom is -0.497 e. The van der Waals surface area contributed by atoms with E-state index in [1.54, 1.807) is 7.11 Å². The first-order chi connectivity index (χ1) is 14.5. The molecule has 2 aromatic carbocycles. The van der Waals surface area contributed by atoms with Crippen molar-refractivity contribution in [1.29, 1.82) is 0 Å². The Morgan fingerprint density at radius 1 is 1.07 bits per heavy atom. The number of nitrogens with one attached hydrogen (secondary N) is 1. The van der Waals surface area contributed by atoms with E-state index >= 15 is 0 Å². The van der Waals surface area contributed by atoms with E-state index in [2.05, 4.69) is 27.3 Å². The first-order valence-electron chi connectivity index (χ1n) is 10.3. The summed E-state index contributed by atoms with van der Waals surface area (Å²) in [6.07, 6.45) is 0.144. The number of hydrogen-bond donors (Lipinski definition) is 2. The van der Waals surface area contributed by atoms with Crippen LogP contribution in [0.5, 0.6) is 11.5 Å². The van der Waals surface area contributed by atoms with Crippen molar-refractivity contribution in [2.24, 2.45) is 10.7 Å². The van der Waals surface area contributed by atoms with E-state index in [1.165, 1.54) is 5.56 Å². The van der Waals surface area contributed by atoms with Crippen molar-refractivity contribution < 1.29 is 14.2 Å². The molecule has 1 aliphatic heterocycles. The van der Waals surface area contributed by atoms with Crippen LogP contribution in [0.25, 0.3) is 0 Å². The van der Waals surface area contributed by atoms with E-state index in [4.69, 9.17) is 19.9 Å². The maximum atomic E-state index is 6.17. The second-order valence-corrected chi connectivity index (χ2v) is 7.48. The van der Waals surface area contributed by atoms with Gasteiger partial charge in [-0.1, -0.05) is 12.1 Å². The number of hydrogen-bond acceptors (Lipinski definition) is 5. The van der Waals surface area contributed by atoms with Gasteiger partial charge in [-0.25, -0.2) is 0 Å². The molecule has 1 saturated heterocycles. The Morgan fingerprint density at radius 3 is 2.30 bits per heavy atom. The molecule has 2 aromatic rings. The summed E-state index contributed by atoms with van der Waals surface area (Å²) in [6, 6.07) is 16.0. The number of nitrogens with two attached hydrogens (primary N) is 1. The summed E-state index contributed by atoms with van der Waals surface area (Å²) < 4.78 is 16.5. The third-order valence-corrected chi connectivity index (χ3v) is 4.92. The van der Waals surface area contributed by atoms with E-state index in [0.29, 0.717) is 12.5 Å². The lowest BCUT2D eigenvalue weighted by Gasteiger charge is -2.34. The maximum absolute atomic E-state index is 6.17. The van der Waals surface area contributed by atoms with Crippen molar-refractivity contribution in [3.63, 3.8) is 0 Å². The van der Waals surface area contributed by atoms with E-state index in [0.717, 1.165) is 43.5 Å². The lowest BCUT2D eigenvalue weighted by molar-refractivity contribution is 0.0180. The predicted molar refractivity (Wildman–Crippen MR) is 120 cm³/mol. The number of guanidine groups is 1. The average molecular weight is 413 g/mol. The van der Waals surface area contributed by atoms with Crippen LogP contribution in [0.1, 0.15) is 25.5 Å². The highest BCUT2D eigenvalue weighted by atomic mass is 16.5. The van der Waals surface area contributed by atoms with Gasteiger partial charge in [0.15, 0.2) is 5.96 Å². The molecule has 1 unspecified atom stereocenters. The molecule has 7 heteroatoms. The molecule has 3 rings (SSSR count). The summed E-state index contributed by atoms with van der Waals surface area (Å²) in [5.74, 6) is 2.06. The van der Waals surface area contributed by atoms with Gasteiger partial charge in [0.2, 0.25) is 0 Å². The fourth-order valence-corrected chi connectivity index (χ4v) is 3.41. The number of ether oxygens (including phenoxy) is 3. The Morgan fingerprint density at radius 2 is 1.70 bits per heavy atom. The summed E-state index contributed by atoms with van der Waals surface area (Å²) in [5, 5.41) is 3.16. The Bertz CT molecular complexity index is 800. The zero-order valence-electron chi connectivity index (χ0n) is 18.0. The van der Waals surface area contributed by atoms with Crippen LogP contribution in [0.2, 0.25) is 0 Å². The quantitative estimate of drug-likeness (QED) is 0.512. The fourth-order valence-electron chi connectivity index (χ4n) is 3.41. The van der Waals surface area contributed by atoms with Crippen molar-refractivity contribution >= 4 is 11.6 Å². The van der Waals surface area contributed by atoms with Crippen LogP contribution >= 0.6 is 0 Å². The normalized spacial score (nSPS) is 16.3. The van der Waals surface area contributed by atoms with Crippen LogP contribution < -0.4 is 20.5 Å². The van der Waals surface area contributed by atoms with Crippen molar-refractivity contribution in [3.8, 4) is 11.5 Å². The molecule has 1 aliphatic rings. The van der Waals surface area contributed by atoms with Crippen LogP contribution in [0, 0.1) is 0 Å². The smallest absolute Gasteiger partial charge is 0.193 e. The van der Waals surface area contributed by atoms with Gasteiger partial charge in [-0.15, -0.1) is 0 Å². The van der Waals surface area contributed by atoms with Crippen molar-refractivity contribution in [1.82, 2.24) is 4.90 Å². The first-order valence-corrected chi connectivity index (χ1v) is 10.3. The third kappa shape index (κ3) is 6.37. The van der Waals surface area contributed by atoms with Gasteiger partial charge in [-0.05, 0) is 55.8 Å². The van der Waals surface area contributed by atoms with Crippen LogP contribution in [0.3, 0.4) is 0 Å². The van der Waals surface area contributed by atoms with Gasteiger partial charge in [0.25, 0.3) is 0 Å². The molecule has 30 heavy (non-hydrogen) atoms. The Hall–Kier alpha value is -2.77. The molecule has 0 aliphatic carbocycles. The largest absolute Gasteiger partial charge is 0.497 e. The van der Waals surface area contributed by atoms with Gasteiger partial charge in [0, 0.05) is 18.8 Å². The van der Waals surface area contributed by atoms with Crippen molar-refractivity contribution in [3.05, 3.63) is 54.1 Å². The first kappa shape index (κ1) is 21.9. The van der Waals surface area contributed by atoms with Gasteiger partial charge >= 0.3 is 0 Å². The molecule has 1 heterocycles. The molecular formula is C23H32N4O3. The molecule has 1 fully saturated rings. The number of nitrogens with zero attached hydrogens (tertiary/aromatic N) is 2. The molecule has 3 N–H and O–H groups in total. The molecular weight excluding hydrogens is 380 g/mol. The van der Waals surface area contributed by atoms with Gasteiger partial charge in [0.05, 0.1) is 39.0 Å². The molecule has 0 aromatic heterocycles. The molecule has 1 atom stereocenters. The molecule has 7 nitrogen and oxygen atoms in total. The Kier molecular flexibility index (Phi) is 7.93. The average Bonchev–Trinajstić information content (AvgIpc) is 2.76. The lowest BCUT2D eigenvalue weighted by Crippen LogP contribution is -2.40. The van der Waals surface area contributed by atoms with Crippen LogP contribution in [0.4, 0.5) is 5.69 Å². The van der Waals surface area contributed by atoms with Crippen LogP contribution in [-0.4, -0.2) is 56.9 Å². The van der Waals surface area contributed by atoms with E-state index in [9.17, 15) is 0 Å². The number of methoxy groups -OCH3 is 1. The van der Waals surface area contributed by atoms with Gasteiger partial charge < -0.3 is 25.3 Å². The van der Waals surface area contributed by atoms with Gasteiger partial charge in [-0.2, -0.15) is 0 Å². The minimum atomic E-state index is 0.127. The second-order valence-electron chi connectivity index (χ2n) is 7.48. The summed E-state index contributed by atoms with van der Waals surface area (Å²) in [5.41, 5.74) is 8.23. The number of morpholine rings is 1. The van der Waals surface area contributed by atoms with E-state index in [-0.39, 0.29) is 12.1 Å². The number of rotatable bonds is 8. The zero-order valence-corrected chi connectivity index (χ0v) is 18.0. The molecule has 162 valence electrons. The zero-order chi connectivity index (χ0) is 21.3. The third-order valence-electron chi connectivity index (χ3n) is 4.92. The molecule has 0 spiro atoms. The highest BCUT2D eigenvalue weighted by Crippen LogP contribution is 2.24. The monoisotopic (exact) mass is 412 g/mol. The lowest BCUT2D eigenvalue weighted by atomic mass is 10.0. The maximum Gasteiger partial charge on any atom is 0.193 e. The summed E-state index contributed by atoms with van der Waals surface area (Å²) in [6.45, 7) is 7.77. The van der Waals surface area contributed by atoms with Gasteiger partial charge in [-0.3, -0.25) is 9.89 Å². The van der Waals surface area contributed by atoms with Crippen LogP contribution in [-0.2, 0) is 4.74 Å². The minimum absolute atomic E-state index is 0.127. The second kappa shape index (κ2) is 10.8. The van der Waals surface area contributed by atoms with Gasteiger partial charge in [0.1, 0.15) is 11.5 Å². The predicted octanol–water partition coefficient (Wildman–Crippen LogP) is 3.28. The standard InChI is InChI=1S/C23H32N4O3/c1-17(2)30-21-10-6-19(7-11-21)26-23(24)25-16-22(27-12-14-29-15-13-27)18-4-8-20(28-3)9-5-18/h4-11,17,22H,12-16H2,1-3H3,(H3,24,25,26). The van der Waals surface area contributed by atoms with E-state index in [1.807, 2.05) is 50.2 Å². The molecule has 0 amide bonds. The van der Waals surface area contributed by atoms with Crippen molar-refractivity contribution in [2.75, 3.05) is 45.3 Å². The Balaban J connectivity index is 1.67. The Labute approximate surface area is 178 Å². The van der Waals surface area contributed by atoms with E-state index < -0.39 is 0 Å². The summed E-state index contributed by atoms with van der Waals surface area (Å²) in [4.78, 5) is 7.01. The van der Waals surface area contributed by atoms with Crippen molar-refractivity contribution in [2.45, 2.75) is 26.0 Å². The highest BCUT2D eigenvalue weighted by molar-refractivity contribution is 5.92. The molecule has 0 radical (unpaired) electrons. The summed E-state index contributed by atoms with van der Waals surface area (Å²) >= 11 is 0. The number of aliphatic imine (C=N–C) groups is 1. The van der Waals surface area contributed by atoms with Crippen LogP contribution in [0.15, 0.2) is 53.5 Å².